The fourth-order valence-electron chi connectivity index (χ4n) is 3.76. The van der Waals surface area contributed by atoms with Crippen LogP contribution in [-0.4, -0.2) is 19.5 Å². The molecule has 8 heteroatoms. The number of imidazole rings is 1. The van der Waals surface area contributed by atoms with Gasteiger partial charge in [-0.3, -0.25) is 9.78 Å². The van der Waals surface area contributed by atoms with Gasteiger partial charge in [0.15, 0.2) is 11.2 Å². The number of anilines is 1. The summed E-state index contributed by atoms with van der Waals surface area (Å²) in [6.45, 7) is 0.465. The van der Waals surface area contributed by atoms with Crippen LogP contribution in [0.2, 0.25) is 10.0 Å². The molecule has 0 aliphatic heterocycles. The smallest absolute Gasteiger partial charge is 0.278 e. The number of nitrogens with one attached hydrogen (secondary N) is 1. The maximum absolute atomic E-state index is 12.7. The monoisotopic (exact) mass is 449 g/mol. The average molecular weight is 450 g/mol. The molecule has 0 radical (unpaired) electrons. The number of aromatic nitrogens is 4. The Morgan fingerprint density at radius 3 is 2.48 bits per heavy atom. The van der Waals surface area contributed by atoms with E-state index in [1.54, 1.807) is 12.1 Å². The Bertz CT molecular complexity index is 1510. The summed E-state index contributed by atoms with van der Waals surface area (Å²) >= 11 is 12.2. The van der Waals surface area contributed by atoms with Crippen molar-refractivity contribution in [3.05, 3.63) is 98.0 Å². The molecule has 3 N–H and O–H groups in total. The van der Waals surface area contributed by atoms with E-state index in [4.69, 9.17) is 28.9 Å². The molecule has 0 aliphatic rings. The van der Waals surface area contributed by atoms with Gasteiger partial charge in [-0.1, -0.05) is 65.7 Å². The standard InChI is InChI=1S/C23H17Cl2N5O/c24-17-8-6-13(10-18(17)25)11-19-27-21-20(22(31)29-23(26)28-21)30(19)12-14-5-7-15-3-1-2-4-16(15)9-14/h1-10H,11-12H2,(H3,26,28,29,31). The zero-order valence-electron chi connectivity index (χ0n) is 16.3. The molecular weight excluding hydrogens is 433 g/mol. The highest BCUT2D eigenvalue weighted by molar-refractivity contribution is 6.42. The molecule has 0 aliphatic carbocycles. The van der Waals surface area contributed by atoms with Gasteiger partial charge >= 0.3 is 0 Å². The molecule has 3 aromatic carbocycles. The zero-order valence-corrected chi connectivity index (χ0v) is 17.8. The first-order valence-corrected chi connectivity index (χ1v) is 10.4. The molecule has 0 amide bonds. The number of benzene rings is 3. The van der Waals surface area contributed by atoms with E-state index in [1.807, 2.05) is 22.8 Å². The van der Waals surface area contributed by atoms with Gasteiger partial charge in [-0.2, -0.15) is 4.98 Å². The second-order valence-corrected chi connectivity index (χ2v) is 8.16. The van der Waals surface area contributed by atoms with Crippen LogP contribution in [-0.2, 0) is 13.0 Å². The van der Waals surface area contributed by atoms with Crippen molar-refractivity contribution in [1.29, 1.82) is 0 Å². The summed E-state index contributed by atoms with van der Waals surface area (Å²) in [5, 5.41) is 3.24. The summed E-state index contributed by atoms with van der Waals surface area (Å²) in [7, 11) is 0. The number of H-pyrrole nitrogens is 1. The summed E-state index contributed by atoms with van der Waals surface area (Å²) in [5.74, 6) is 0.721. The first kappa shape index (κ1) is 19.6. The van der Waals surface area contributed by atoms with Crippen molar-refractivity contribution in [2.75, 3.05) is 5.73 Å². The van der Waals surface area contributed by atoms with Gasteiger partial charge in [0, 0.05) is 13.0 Å². The number of nitrogen functional groups attached to an aromatic ring is 1. The van der Waals surface area contributed by atoms with Crippen LogP contribution in [0.5, 0.6) is 0 Å². The second kappa shape index (κ2) is 7.72. The van der Waals surface area contributed by atoms with Crippen molar-refractivity contribution in [2.24, 2.45) is 0 Å². The van der Waals surface area contributed by atoms with Crippen molar-refractivity contribution in [3.8, 4) is 0 Å². The largest absolute Gasteiger partial charge is 0.369 e. The van der Waals surface area contributed by atoms with Gasteiger partial charge in [0.1, 0.15) is 5.82 Å². The zero-order chi connectivity index (χ0) is 21.5. The van der Waals surface area contributed by atoms with Crippen LogP contribution in [0.25, 0.3) is 21.9 Å². The minimum absolute atomic E-state index is 0.0361. The molecule has 31 heavy (non-hydrogen) atoms. The van der Waals surface area contributed by atoms with Crippen LogP contribution < -0.4 is 11.3 Å². The Morgan fingerprint density at radius 1 is 0.903 bits per heavy atom. The number of hydrogen-bond acceptors (Lipinski definition) is 4. The third-order valence-corrected chi connectivity index (χ3v) is 5.95. The molecule has 5 aromatic rings. The van der Waals surface area contributed by atoms with Crippen molar-refractivity contribution >= 4 is 51.1 Å². The number of rotatable bonds is 4. The van der Waals surface area contributed by atoms with Crippen LogP contribution in [0.1, 0.15) is 17.0 Å². The highest BCUT2D eigenvalue weighted by atomic mass is 35.5. The van der Waals surface area contributed by atoms with E-state index in [0.29, 0.717) is 40.0 Å². The highest BCUT2D eigenvalue weighted by Gasteiger charge is 2.17. The molecule has 2 aromatic heterocycles. The van der Waals surface area contributed by atoms with Crippen molar-refractivity contribution in [3.63, 3.8) is 0 Å². The first-order chi connectivity index (χ1) is 15.0. The van der Waals surface area contributed by atoms with E-state index < -0.39 is 0 Å². The molecule has 0 spiro atoms. The SMILES string of the molecule is Nc1nc2nc(Cc3ccc(Cl)c(Cl)c3)n(Cc3ccc4ccccc4c3)c2c(=O)[nH]1. The van der Waals surface area contributed by atoms with E-state index in [9.17, 15) is 4.79 Å². The molecule has 0 bridgehead atoms. The van der Waals surface area contributed by atoms with Crippen molar-refractivity contribution in [2.45, 2.75) is 13.0 Å². The fraction of sp³-hybridized carbons (Fsp3) is 0.0870. The lowest BCUT2D eigenvalue weighted by Gasteiger charge is -2.10. The van der Waals surface area contributed by atoms with E-state index in [-0.39, 0.29) is 11.5 Å². The molecule has 5 rings (SSSR count). The topological polar surface area (TPSA) is 89.6 Å². The van der Waals surface area contributed by atoms with Crippen molar-refractivity contribution < 1.29 is 0 Å². The predicted molar refractivity (Wildman–Crippen MR) is 125 cm³/mol. The number of fused-ring (bicyclic) bond motifs is 2. The summed E-state index contributed by atoms with van der Waals surface area (Å²) in [6.07, 6.45) is 0.459. The number of nitrogens with zero attached hydrogens (tertiary/aromatic N) is 3. The Morgan fingerprint density at radius 2 is 1.68 bits per heavy atom. The minimum Gasteiger partial charge on any atom is -0.369 e. The quantitative estimate of drug-likeness (QED) is 0.412. The fourth-order valence-corrected chi connectivity index (χ4v) is 4.08. The molecule has 0 atom stereocenters. The maximum Gasteiger partial charge on any atom is 0.278 e. The Kier molecular flexibility index (Phi) is 4.88. The van der Waals surface area contributed by atoms with E-state index in [2.05, 4.69) is 45.3 Å². The molecule has 2 heterocycles. The molecule has 0 unspecified atom stereocenters. The normalized spacial score (nSPS) is 11.4. The molecule has 0 saturated carbocycles. The van der Waals surface area contributed by atoms with Crippen LogP contribution in [0.15, 0.2) is 65.5 Å². The minimum atomic E-state index is -0.323. The molecular formula is C23H17Cl2N5O. The van der Waals surface area contributed by atoms with Crippen LogP contribution in [0, 0.1) is 0 Å². The first-order valence-electron chi connectivity index (χ1n) is 9.64. The summed E-state index contributed by atoms with van der Waals surface area (Å²) in [5.41, 5.74) is 8.09. The third kappa shape index (κ3) is 3.76. The van der Waals surface area contributed by atoms with Crippen LogP contribution in [0.4, 0.5) is 5.95 Å². The molecule has 6 nitrogen and oxygen atoms in total. The van der Waals surface area contributed by atoms with Gasteiger partial charge in [0.25, 0.3) is 5.56 Å². The van der Waals surface area contributed by atoms with Gasteiger partial charge in [0.2, 0.25) is 5.95 Å². The number of nitrogens with two attached hydrogens (primary N) is 1. The highest BCUT2D eigenvalue weighted by Crippen LogP contribution is 2.25. The third-order valence-electron chi connectivity index (χ3n) is 5.21. The number of halogens is 2. The van der Waals surface area contributed by atoms with E-state index in [1.165, 1.54) is 0 Å². The Hall–Kier alpha value is -3.35. The predicted octanol–water partition coefficient (Wildman–Crippen LogP) is 4.80. The lowest BCUT2D eigenvalue weighted by molar-refractivity contribution is 0.760. The maximum atomic E-state index is 12.7. The van der Waals surface area contributed by atoms with Crippen LogP contribution in [0.3, 0.4) is 0 Å². The van der Waals surface area contributed by atoms with Gasteiger partial charge in [-0.15, -0.1) is 0 Å². The van der Waals surface area contributed by atoms with Crippen molar-refractivity contribution in [1.82, 2.24) is 19.5 Å². The molecule has 0 fully saturated rings. The second-order valence-electron chi connectivity index (χ2n) is 7.34. The summed E-state index contributed by atoms with van der Waals surface area (Å²) in [6, 6.07) is 19.8. The molecule has 0 saturated heterocycles. The lowest BCUT2D eigenvalue weighted by Crippen LogP contribution is -2.16. The van der Waals surface area contributed by atoms with Crippen LogP contribution >= 0.6 is 23.2 Å². The summed E-state index contributed by atoms with van der Waals surface area (Å²) < 4.78 is 1.88. The van der Waals surface area contributed by atoms with E-state index >= 15 is 0 Å². The Balaban J connectivity index is 1.64. The Labute approximate surface area is 187 Å². The van der Waals surface area contributed by atoms with Gasteiger partial charge in [-0.05, 0) is 40.1 Å². The van der Waals surface area contributed by atoms with Gasteiger partial charge < -0.3 is 10.3 Å². The van der Waals surface area contributed by atoms with E-state index in [0.717, 1.165) is 21.9 Å². The molecule has 154 valence electrons. The van der Waals surface area contributed by atoms with Gasteiger partial charge in [-0.25, -0.2) is 4.98 Å². The lowest BCUT2D eigenvalue weighted by atomic mass is 10.1. The summed E-state index contributed by atoms with van der Waals surface area (Å²) in [4.78, 5) is 24.1. The van der Waals surface area contributed by atoms with Gasteiger partial charge in [0.05, 0.1) is 10.0 Å². The number of aromatic amines is 1. The average Bonchev–Trinajstić information content (AvgIpc) is 3.07. The number of hydrogen-bond donors (Lipinski definition) is 2.